The molecule has 6 heteroatoms. The first-order chi connectivity index (χ1) is 12.1. The summed E-state index contributed by atoms with van der Waals surface area (Å²) in [7, 11) is 0. The van der Waals surface area contributed by atoms with Gasteiger partial charge in [-0.25, -0.2) is 4.79 Å². The van der Waals surface area contributed by atoms with Crippen molar-refractivity contribution in [2.75, 3.05) is 6.61 Å². The van der Waals surface area contributed by atoms with Gasteiger partial charge in [-0.05, 0) is 18.1 Å². The molecule has 0 aliphatic rings. The number of ether oxygens (including phenoxy) is 1. The Morgan fingerprint density at radius 2 is 1.60 bits per heavy atom. The van der Waals surface area contributed by atoms with Crippen LogP contribution >= 0.6 is 0 Å². The second-order valence-corrected chi connectivity index (χ2v) is 5.58. The molecule has 132 valence electrons. The van der Waals surface area contributed by atoms with E-state index < -0.39 is 24.1 Å². The molecular weight excluding hydrogens is 320 g/mol. The maximum absolute atomic E-state index is 12.2. The molecule has 2 rings (SSSR count). The summed E-state index contributed by atoms with van der Waals surface area (Å²) in [6, 6.07) is 17.1. The Morgan fingerprint density at radius 1 is 1.00 bits per heavy atom. The molecule has 0 spiro atoms. The van der Waals surface area contributed by atoms with Crippen molar-refractivity contribution in [3.63, 3.8) is 0 Å². The molecule has 0 aromatic heterocycles. The number of alkyl carbamates (subject to hydrolysis) is 1. The number of nitrogens with one attached hydrogen (secondary N) is 2. The van der Waals surface area contributed by atoms with Crippen LogP contribution in [-0.4, -0.2) is 29.8 Å². The normalized spacial score (nSPS) is 12.7. The molecule has 0 fully saturated rings. The molecule has 0 aliphatic carbocycles. The van der Waals surface area contributed by atoms with Gasteiger partial charge >= 0.3 is 6.09 Å². The molecule has 0 saturated carbocycles. The first-order valence-electron chi connectivity index (χ1n) is 8.03. The van der Waals surface area contributed by atoms with Gasteiger partial charge in [0.15, 0.2) is 0 Å². The number of hydrogen-bond acceptors (Lipinski definition) is 4. The van der Waals surface area contributed by atoms with E-state index in [0.717, 1.165) is 11.1 Å². The van der Waals surface area contributed by atoms with Crippen LogP contribution in [0.15, 0.2) is 60.7 Å². The molecular formula is C19H22N2O4. The number of carbonyl (C=O) groups is 2. The van der Waals surface area contributed by atoms with E-state index in [0.29, 0.717) is 0 Å². The highest BCUT2D eigenvalue weighted by Gasteiger charge is 2.20. The third kappa shape index (κ3) is 5.93. The van der Waals surface area contributed by atoms with Crippen molar-refractivity contribution in [3.8, 4) is 0 Å². The van der Waals surface area contributed by atoms with Crippen molar-refractivity contribution in [2.24, 2.45) is 0 Å². The summed E-state index contributed by atoms with van der Waals surface area (Å²) in [5.74, 6) is -0.403. The fraction of sp³-hybridized carbons (Fsp3) is 0.263. The minimum atomic E-state index is -0.791. The summed E-state index contributed by atoms with van der Waals surface area (Å²) in [5.41, 5.74) is 1.65. The summed E-state index contributed by atoms with van der Waals surface area (Å²) < 4.78 is 5.09. The second kappa shape index (κ2) is 9.44. The first kappa shape index (κ1) is 18.5. The maximum atomic E-state index is 12.2. The van der Waals surface area contributed by atoms with E-state index >= 15 is 0 Å². The molecule has 0 aliphatic heterocycles. The van der Waals surface area contributed by atoms with Crippen molar-refractivity contribution >= 4 is 12.0 Å². The first-order valence-corrected chi connectivity index (χ1v) is 8.03. The highest BCUT2D eigenvalue weighted by Crippen LogP contribution is 2.11. The van der Waals surface area contributed by atoms with Crippen LogP contribution in [-0.2, 0) is 16.1 Å². The Bertz CT molecular complexity index is 676. The largest absolute Gasteiger partial charge is 0.445 e. The molecule has 2 aromatic rings. The lowest BCUT2D eigenvalue weighted by Crippen LogP contribution is -2.46. The molecule has 0 saturated heterocycles. The molecule has 3 N–H and O–H groups in total. The third-order valence-corrected chi connectivity index (χ3v) is 3.64. The van der Waals surface area contributed by atoms with Crippen LogP contribution < -0.4 is 10.6 Å². The molecule has 6 nitrogen and oxygen atoms in total. The lowest BCUT2D eigenvalue weighted by atomic mass is 10.1. The highest BCUT2D eigenvalue weighted by molar-refractivity contribution is 5.85. The predicted octanol–water partition coefficient (Wildman–Crippen LogP) is 2.15. The van der Waals surface area contributed by atoms with Gasteiger partial charge in [-0.15, -0.1) is 0 Å². The molecule has 0 unspecified atom stereocenters. The molecule has 2 amide bonds. The van der Waals surface area contributed by atoms with Gasteiger partial charge in [0.2, 0.25) is 5.91 Å². The number of benzene rings is 2. The van der Waals surface area contributed by atoms with E-state index in [1.165, 1.54) is 0 Å². The summed E-state index contributed by atoms with van der Waals surface area (Å²) in [6.07, 6.45) is -0.674. The van der Waals surface area contributed by atoms with Gasteiger partial charge in [-0.2, -0.15) is 0 Å². The molecule has 0 radical (unpaired) electrons. The van der Waals surface area contributed by atoms with E-state index in [9.17, 15) is 14.7 Å². The van der Waals surface area contributed by atoms with Gasteiger partial charge in [0.25, 0.3) is 0 Å². The number of amides is 2. The van der Waals surface area contributed by atoms with E-state index in [1.54, 1.807) is 6.92 Å². The molecule has 2 aromatic carbocycles. The summed E-state index contributed by atoms with van der Waals surface area (Å²) in [6.45, 7) is 1.45. The van der Waals surface area contributed by atoms with Crippen molar-refractivity contribution in [1.82, 2.24) is 10.6 Å². The third-order valence-electron chi connectivity index (χ3n) is 3.64. The topological polar surface area (TPSA) is 87.7 Å². The maximum Gasteiger partial charge on any atom is 0.408 e. The van der Waals surface area contributed by atoms with Crippen LogP contribution in [0.1, 0.15) is 24.1 Å². The minimum Gasteiger partial charge on any atom is -0.445 e. The van der Waals surface area contributed by atoms with E-state index in [-0.39, 0.29) is 13.2 Å². The van der Waals surface area contributed by atoms with Gasteiger partial charge in [0, 0.05) is 0 Å². The lowest BCUT2D eigenvalue weighted by molar-refractivity contribution is -0.123. The Hall–Kier alpha value is -2.86. The van der Waals surface area contributed by atoms with E-state index in [2.05, 4.69) is 10.6 Å². The Labute approximate surface area is 146 Å². The SMILES string of the molecule is C[C@H](NC(=O)OCc1ccccc1)C(=O)N[C@H](CO)c1ccccc1. The number of hydrogen-bond donors (Lipinski definition) is 3. The zero-order valence-corrected chi connectivity index (χ0v) is 14.0. The smallest absolute Gasteiger partial charge is 0.408 e. The van der Waals surface area contributed by atoms with Crippen LogP contribution in [0.4, 0.5) is 4.79 Å². The highest BCUT2D eigenvalue weighted by atomic mass is 16.5. The Kier molecular flexibility index (Phi) is 6.98. The second-order valence-electron chi connectivity index (χ2n) is 5.58. The standard InChI is InChI=1S/C19H22N2O4/c1-14(20-19(24)25-13-15-8-4-2-5-9-15)18(23)21-17(12-22)16-10-6-3-7-11-16/h2-11,14,17,22H,12-13H2,1H3,(H,20,24)(H,21,23)/t14-,17+/m0/s1. The van der Waals surface area contributed by atoms with Crippen LogP contribution in [0.5, 0.6) is 0 Å². The zero-order valence-electron chi connectivity index (χ0n) is 14.0. The fourth-order valence-corrected chi connectivity index (χ4v) is 2.22. The van der Waals surface area contributed by atoms with Crippen LogP contribution in [0.2, 0.25) is 0 Å². The predicted molar refractivity (Wildman–Crippen MR) is 93.6 cm³/mol. The summed E-state index contributed by atoms with van der Waals surface area (Å²) in [5, 5.41) is 14.7. The Balaban J connectivity index is 1.81. The van der Waals surface area contributed by atoms with Gasteiger partial charge < -0.3 is 20.5 Å². The quantitative estimate of drug-likeness (QED) is 0.719. The van der Waals surface area contributed by atoms with Crippen molar-refractivity contribution in [2.45, 2.75) is 25.6 Å². The van der Waals surface area contributed by atoms with Gasteiger partial charge in [0.1, 0.15) is 12.6 Å². The number of carbonyl (C=O) groups excluding carboxylic acids is 2. The van der Waals surface area contributed by atoms with Crippen LogP contribution in [0.3, 0.4) is 0 Å². The minimum absolute atomic E-state index is 0.129. The van der Waals surface area contributed by atoms with Gasteiger partial charge in [-0.3, -0.25) is 4.79 Å². The van der Waals surface area contributed by atoms with Crippen molar-refractivity contribution < 1.29 is 19.4 Å². The molecule has 0 bridgehead atoms. The lowest BCUT2D eigenvalue weighted by Gasteiger charge is -2.20. The average Bonchev–Trinajstić information content (AvgIpc) is 2.65. The number of rotatable bonds is 7. The van der Waals surface area contributed by atoms with Crippen molar-refractivity contribution in [3.05, 3.63) is 71.8 Å². The van der Waals surface area contributed by atoms with Gasteiger partial charge in [0.05, 0.1) is 12.6 Å². The van der Waals surface area contributed by atoms with Crippen molar-refractivity contribution in [1.29, 1.82) is 0 Å². The number of aliphatic hydroxyl groups is 1. The van der Waals surface area contributed by atoms with Gasteiger partial charge in [-0.1, -0.05) is 60.7 Å². The number of aliphatic hydroxyl groups excluding tert-OH is 1. The molecule has 2 atom stereocenters. The average molecular weight is 342 g/mol. The van der Waals surface area contributed by atoms with E-state index in [1.807, 2.05) is 60.7 Å². The fourth-order valence-electron chi connectivity index (χ4n) is 2.22. The molecule has 25 heavy (non-hydrogen) atoms. The monoisotopic (exact) mass is 342 g/mol. The Morgan fingerprint density at radius 3 is 2.20 bits per heavy atom. The van der Waals surface area contributed by atoms with E-state index in [4.69, 9.17) is 4.74 Å². The summed E-state index contributed by atoms with van der Waals surface area (Å²) in [4.78, 5) is 24.0. The van der Waals surface area contributed by atoms with Crippen LogP contribution in [0, 0.1) is 0 Å². The molecule has 0 heterocycles. The zero-order chi connectivity index (χ0) is 18.1. The van der Waals surface area contributed by atoms with Crippen LogP contribution in [0.25, 0.3) is 0 Å². The summed E-state index contributed by atoms with van der Waals surface area (Å²) >= 11 is 0.